The first-order valence-corrected chi connectivity index (χ1v) is 9.06. The highest BCUT2D eigenvalue weighted by atomic mass is 16.5. The van der Waals surface area contributed by atoms with Gasteiger partial charge >= 0.3 is 0 Å². The summed E-state index contributed by atoms with van der Waals surface area (Å²) in [6.45, 7) is 8.38. The minimum atomic E-state index is -0.180. The lowest BCUT2D eigenvalue weighted by Gasteiger charge is -2.28. The zero-order valence-corrected chi connectivity index (χ0v) is 16.4. The van der Waals surface area contributed by atoms with Gasteiger partial charge in [-0.05, 0) is 39.8 Å². The maximum Gasteiger partial charge on any atom is 0.258 e. The van der Waals surface area contributed by atoms with E-state index in [1.54, 1.807) is 41.8 Å². The normalized spacial score (nSPS) is 11.9. The molecule has 3 rings (SSSR count). The van der Waals surface area contributed by atoms with Gasteiger partial charge in [-0.15, -0.1) is 4.80 Å². The van der Waals surface area contributed by atoms with Crippen LogP contribution in [0.5, 0.6) is 5.88 Å². The Morgan fingerprint density at radius 1 is 1.14 bits per heavy atom. The van der Waals surface area contributed by atoms with Crippen LogP contribution in [0, 0.1) is 13.8 Å². The average Bonchev–Trinajstić information content (AvgIpc) is 3.22. The Morgan fingerprint density at radius 2 is 1.89 bits per heavy atom. The maximum absolute atomic E-state index is 13.2. The van der Waals surface area contributed by atoms with E-state index in [2.05, 4.69) is 25.1 Å². The molecule has 0 unspecified atom stereocenters. The van der Waals surface area contributed by atoms with Gasteiger partial charge in [-0.1, -0.05) is 0 Å². The number of carbonyl (C=O) groups is 1. The van der Waals surface area contributed by atoms with Crippen LogP contribution in [0.25, 0.3) is 5.82 Å². The van der Waals surface area contributed by atoms with Crippen LogP contribution in [0.1, 0.15) is 35.6 Å². The first kappa shape index (κ1) is 19.4. The van der Waals surface area contributed by atoms with E-state index in [1.807, 2.05) is 27.7 Å². The summed E-state index contributed by atoms with van der Waals surface area (Å²) in [6.07, 6.45) is 6.32. The van der Waals surface area contributed by atoms with Crippen molar-refractivity contribution < 1.29 is 9.53 Å². The Hall–Kier alpha value is -3.36. The van der Waals surface area contributed by atoms with Gasteiger partial charge in [-0.2, -0.15) is 10.2 Å². The Morgan fingerprint density at radius 3 is 2.54 bits per heavy atom. The summed E-state index contributed by atoms with van der Waals surface area (Å²) in [5.41, 5.74) is 2.03. The number of amides is 1. The minimum absolute atomic E-state index is 0.159. The van der Waals surface area contributed by atoms with E-state index in [9.17, 15) is 4.79 Å². The molecule has 0 aromatic carbocycles. The molecule has 9 heteroatoms. The molecule has 0 saturated heterocycles. The third kappa shape index (κ3) is 4.30. The monoisotopic (exact) mass is 381 g/mol. The molecular formula is C19H23N7O2. The summed E-state index contributed by atoms with van der Waals surface area (Å²) >= 11 is 0. The van der Waals surface area contributed by atoms with Crippen LogP contribution in [0.15, 0.2) is 36.9 Å². The summed E-state index contributed by atoms with van der Waals surface area (Å²) in [6, 6.07) is 3.38. The van der Waals surface area contributed by atoms with E-state index in [0.29, 0.717) is 30.4 Å². The van der Waals surface area contributed by atoms with Crippen LogP contribution in [-0.2, 0) is 0 Å². The first-order valence-electron chi connectivity index (χ1n) is 9.06. The second-order valence-electron chi connectivity index (χ2n) is 6.39. The van der Waals surface area contributed by atoms with Crippen LogP contribution in [-0.4, -0.2) is 59.9 Å². The highest BCUT2D eigenvalue weighted by Gasteiger charge is 2.25. The molecule has 3 aromatic heterocycles. The van der Waals surface area contributed by atoms with E-state index < -0.39 is 0 Å². The fourth-order valence-corrected chi connectivity index (χ4v) is 2.75. The van der Waals surface area contributed by atoms with Gasteiger partial charge in [0.2, 0.25) is 5.88 Å². The van der Waals surface area contributed by atoms with E-state index in [4.69, 9.17) is 4.74 Å². The van der Waals surface area contributed by atoms with Gasteiger partial charge in [-0.3, -0.25) is 9.78 Å². The lowest BCUT2D eigenvalue weighted by molar-refractivity contribution is 0.0645. The predicted octanol–water partition coefficient (Wildman–Crippen LogP) is 2.00. The van der Waals surface area contributed by atoms with E-state index in [-0.39, 0.29) is 11.9 Å². The van der Waals surface area contributed by atoms with Crippen molar-refractivity contribution >= 4 is 5.91 Å². The van der Waals surface area contributed by atoms with Crippen LogP contribution < -0.4 is 4.74 Å². The second kappa shape index (κ2) is 8.55. The maximum atomic E-state index is 13.2. The van der Waals surface area contributed by atoms with Crippen molar-refractivity contribution in [3.8, 4) is 11.7 Å². The first-order chi connectivity index (χ1) is 13.5. The molecule has 0 bridgehead atoms. The van der Waals surface area contributed by atoms with E-state index in [1.165, 1.54) is 4.80 Å². The molecule has 0 N–H and O–H groups in total. The fourth-order valence-electron chi connectivity index (χ4n) is 2.75. The van der Waals surface area contributed by atoms with Gasteiger partial charge in [0.05, 0.1) is 42.1 Å². The van der Waals surface area contributed by atoms with Crippen LogP contribution in [0.3, 0.4) is 0 Å². The quantitative estimate of drug-likeness (QED) is 0.617. The third-order valence-electron chi connectivity index (χ3n) is 4.22. The topological polar surface area (TPSA) is 98.9 Å². The SMILES string of the molecule is CCN(C(=O)c1ccc(C)nc1-n1nccn1)[C@@H](C)COc1cnc(C)cn1. The van der Waals surface area contributed by atoms with Gasteiger partial charge in [0, 0.05) is 12.2 Å². The molecule has 3 heterocycles. The summed E-state index contributed by atoms with van der Waals surface area (Å²) in [7, 11) is 0. The highest BCUT2D eigenvalue weighted by molar-refractivity contribution is 5.97. The lowest BCUT2D eigenvalue weighted by atomic mass is 10.1. The summed E-state index contributed by atoms with van der Waals surface area (Å²) in [5.74, 6) is 0.679. The molecule has 146 valence electrons. The zero-order chi connectivity index (χ0) is 20.1. The lowest BCUT2D eigenvalue weighted by Crippen LogP contribution is -2.42. The number of ether oxygens (including phenoxy) is 1. The van der Waals surface area contributed by atoms with Gasteiger partial charge in [0.1, 0.15) is 6.61 Å². The smallest absolute Gasteiger partial charge is 0.258 e. The average molecular weight is 381 g/mol. The van der Waals surface area contributed by atoms with Crippen molar-refractivity contribution in [2.45, 2.75) is 33.7 Å². The predicted molar refractivity (Wildman–Crippen MR) is 102 cm³/mol. The molecule has 1 amide bonds. The molecule has 9 nitrogen and oxygen atoms in total. The molecule has 1 atom stereocenters. The van der Waals surface area contributed by atoms with Crippen molar-refractivity contribution in [1.29, 1.82) is 0 Å². The molecule has 0 aliphatic carbocycles. The standard InChI is InChI=1S/C19H23N7O2/c1-5-25(15(4)12-28-17-11-20-14(3)10-21-17)19(27)16-7-6-13(2)24-18(16)26-22-8-9-23-26/h6-11,15H,5,12H2,1-4H3/t15-/m0/s1. The summed E-state index contributed by atoms with van der Waals surface area (Å²) in [4.78, 5) is 29.1. The van der Waals surface area contributed by atoms with Crippen LogP contribution in [0.4, 0.5) is 0 Å². The van der Waals surface area contributed by atoms with Crippen molar-refractivity contribution in [3.05, 3.63) is 53.9 Å². The number of aryl methyl sites for hydroxylation is 2. The van der Waals surface area contributed by atoms with E-state index in [0.717, 1.165) is 11.4 Å². The molecule has 0 saturated carbocycles. The Balaban J connectivity index is 1.78. The van der Waals surface area contributed by atoms with Gasteiger partial charge in [-0.25, -0.2) is 9.97 Å². The largest absolute Gasteiger partial charge is 0.474 e. The fraction of sp³-hybridized carbons (Fsp3) is 0.368. The number of rotatable bonds is 7. The van der Waals surface area contributed by atoms with Gasteiger partial charge in [0.25, 0.3) is 5.91 Å². The Kier molecular flexibility index (Phi) is 5.93. The number of aromatic nitrogens is 6. The van der Waals surface area contributed by atoms with Crippen molar-refractivity contribution in [2.75, 3.05) is 13.2 Å². The van der Waals surface area contributed by atoms with Crippen molar-refractivity contribution in [2.24, 2.45) is 0 Å². The zero-order valence-electron chi connectivity index (χ0n) is 16.4. The number of carbonyl (C=O) groups excluding carboxylic acids is 1. The number of likely N-dealkylation sites (N-methyl/N-ethyl adjacent to an activating group) is 1. The molecule has 0 fully saturated rings. The second-order valence-corrected chi connectivity index (χ2v) is 6.39. The number of hydrogen-bond acceptors (Lipinski definition) is 7. The minimum Gasteiger partial charge on any atom is -0.474 e. The third-order valence-corrected chi connectivity index (χ3v) is 4.22. The highest BCUT2D eigenvalue weighted by Crippen LogP contribution is 2.16. The van der Waals surface area contributed by atoms with Gasteiger partial charge in [0.15, 0.2) is 5.82 Å². The van der Waals surface area contributed by atoms with Crippen LogP contribution in [0.2, 0.25) is 0 Å². The van der Waals surface area contributed by atoms with E-state index >= 15 is 0 Å². The molecule has 0 aliphatic heterocycles. The van der Waals surface area contributed by atoms with Gasteiger partial charge < -0.3 is 9.64 Å². The molecule has 3 aromatic rings. The number of hydrogen-bond donors (Lipinski definition) is 0. The molecule has 0 aliphatic rings. The van der Waals surface area contributed by atoms with Crippen LogP contribution >= 0.6 is 0 Å². The molecular weight excluding hydrogens is 358 g/mol. The molecule has 0 radical (unpaired) electrons. The van der Waals surface area contributed by atoms with Crippen molar-refractivity contribution in [3.63, 3.8) is 0 Å². The summed E-state index contributed by atoms with van der Waals surface area (Å²) in [5, 5.41) is 8.23. The number of nitrogens with zero attached hydrogens (tertiary/aromatic N) is 7. The Bertz CT molecular complexity index is 926. The Labute approximate surface area is 163 Å². The molecule has 28 heavy (non-hydrogen) atoms. The summed E-state index contributed by atoms with van der Waals surface area (Å²) < 4.78 is 5.70. The number of pyridine rings is 1. The van der Waals surface area contributed by atoms with Crippen molar-refractivity contribution in [1.82, 2.24) is 34.8 Å². The molecule has 0 spiro atoms.